The average Bonchev–Trinajstić information content (AvgIpc) is 3.48. The van der Waals surface area contributed by atoms with Gasteiger partial charge in [0.1, 0.15) is 18.3 Å². The number of sulfonamides is 1. The van der Waals surface area contributed by atoms with Crippen molar-refractivity contribution < 1.29 is 22.7 Å². The molecular formula is C33H41N3O5S. The number of ether oxygens (including phenoxy) is 1. The number of carbonyl (C=O) groups is 2. The highest BCUT2D eigenvalue weighted by Crippen LogP contribution is 2.26. The van der Waals surface area contributed by atoms with Gasteiger partial charge >= 0.3 is 0 Å². The molecule has 4 rings (SSSR count). The number of nitrogens with zero attached hydrogens (tertiary/aromatic N) is 2. The zero-order chi connectivity index (χ0) is 30.3. The number of anilines is 1. The van der Waals surface area contributed by atoms with Crippen molar-refractivity contribution in [2.45, 2.75) is 64.6 Å². The molecule has 1 N–H and O–H groups in total. The molecule has 42 heavy (non-hydrogen) atoms. The van der Waals surface area contributed by atoms with Crippen molar-refractivity contribution in [1.82, 2.24) is 10.2 Å². The average molecular weight is 592 g/mol. The molecule has 1 atom stereocenters. The van der Waals surface area contributed by atoms with E-state index in [9.17, 15) is 18.0 Å². The highest BCUT2D eigenvalue weighted by molar-refractivity contribution is 7.92. The van der Waals surface area contributed by atoms with Crippen LogP contribution in [-0.4, -0.2) is 57.1 Å². The Hall–Kier alpha value is -3.85. The van der Waals surface area contributed by atoms with E-state index in [1.807, 2.05) is 74.5 Å². The molecule has 0 aromatic heterocycles. The Kier molecular flexibility index (Phi) is 10.3. The number of hydrogen-bond acceptors (Lipinski definition) is 5. The van der Waals surface area contributed by atoms with Crippen LogP contribution in [0.25, 0.3) is 0 Å². The highest BCUT2D eigenvalue weighted by atomic mass is 32.2. The molecule has 0 spiro atoms. The fourth-order valence-corrected chi connectivity index (χ4v) is 6.39. The van der Waals surface area contributed by atoms with Crippen LogP contribution in [0.3, 0.4) is 0 Å². The fourth-order valence-electron chi connectivity index (χ4n) is 5.49. The number of rotatable bonds is 12. The van der Waals surface area contributed by atoms with E-state index in [1.165, 1.54) is 4.90 Å². The summed E-state index contributed by atoms with van der Waals surface area (Å²) in [5.74, 6) is -0.0747. The summed E-state index contributed by atoms with van der Waals surface area (Å²) in [5, 5.41) is 3.19. The molecule has 3 aromatic carbocycles. The lowest BCUT2D eigenvalue weighted by Gasteiger charge is -2.34. The van der Waals surface area contributed by atoms with Crippen molar-refractivity contribution in [3.05, 3.63) is 95.1 Å². The summed E-state index contributed by atoms with van der Waals surface area (Å²) in [6.45, 7) is 3.42. The van der Waals surface area contributed by atoms with Crippen LogP contribution < -0.4 is 14.4 Å². The van der Waals surface area contributed by atoms with Crippen molar-refractivity contribution in [2.75, 3.05) is 24.2 Å². The molecule has 0 aliphatic heterocycles. The first-order valence-electron chi connectivity index (χ1n) is 14.4. The van der Waals surface area contributed by atoms with E-state index in [4.69, 9.17) is 4.74 Å². The zero-order valence-corrected chi connectivity index (χ0v) is 25.7. The van der Waals surface area contributed by atoms with E-state index >= 15 is 0 Å². The van der Waals surface area contributed by atoms with E-state index in [1.54, 1.807) is 19.2 Å². The van der Waals surface area contributed by atoms with E-state index in [0.29, 0.717) is 11.4 Å². The molecule has 3 aromatic rings. The van der Waals surface area contributed by atoms with Crippen LogP contribution in [0.15, 0.2) is 72.8 Å². The molecule has 1 aliphatic carbocycles. The molecule has 0 bridgehead atoms. The third-order valence-electron chi connectivity index (χ3n) is 7.98. The fraction of sp³-hybridized carbons (Fsp3) is 0.394. The second-order valence-electron chi connectivity index (χ2n) is 11.1. The van der Waals surface area contributed by atoms with E-state index in [2.05, 4.69) is 5.32 Å². The van der Waals surface area contributed by atoms with E-state index in [-0.39, 0.29) is 24.9 Å². The minimum Gasteiger partial charge on any atom is -0.497 e. The molecule has 9 heteroatoms. The molecule has 224 valence electrons. The second kappa shape index (κ2) is 13.9. The highest BCUT2D eigenvalue weighted by Gasteiger charge is 2.34. The van der Waals surface area contributed by atoms with Crippen LogP contribution in [0.1, 0.15) is 47.9 Å². The van der Waals surface area contributed by atoms with Crippen LogP contribution >= 0.6 is 0 Å². The Morgan fingerprint density at radius 1 is 0.952 bits per heavy atom. The predicted molar refractivity (Wildman–Crippen MR) is 166 cm³/mol. The Bertz CT molecular complexity index is 1490. The van der Waals surface area contributed by atoms with Crippen molar-refractivity contribution in [3.8, 4) is 5.75 Å². The monoisotopic (exact) mass is 591 g/mol. The van der Waals surface area contributed by atoms with Gasteiger partial charge in [0.05, 0.1) is 19.1 Å². The third kappa shape index (κ3) is 7.91. The summed E-state index contributed by atoms with van der Waals surface area (Å²) < 4.78 is 32.7. The molecular weight excluding hydrogens is 550 g/mol. The van der Waals surface area contributed by atoms with Gasteiger partial charge in [0.25, 0.3) is 0 Å². The molecule has 0 heterocycles. The van der Waals surface area contributed by atoms with Crippen molar-refractivity contribution in [3.63, 3.8) is 0 Å². The number of carbonyl (C=O) groups excluding carboxylic acids is 2. The first kappa shape index (κ1) is 31.1. The summed E-state index contributed by atoms with van der Waals surface area (Å²) in [4.78, 5) is 29.8. The normalized spacial score (nSPS) is 14.3. The molecule has 2 amide bonds. The first-order valence-corrected chi connectivity index (χ1v) is 16.2. The Balaban J connectivity index is 1.75. The standard InChI is InChI=1S/C33H41N3O5S/c1-24-12-10-19-30(25(24)2)36(42(4,39)40)23-32(37)35(22-27-15-11-18-29(20-27)41-3)31(21-26-13-6-5-7-14-26)33(38)34-28-16-8-9-17-28/h5-7,10-15,18-20,28,31H,8-9,16-17,21-23H2,1-4H3,(H,34,38). The van der Waals surface area contributed by atoms with Crippen molar-refractivity contribution in [2.24, 2.45) is 0 Å². The summed E-state index contributed by atoms with van der Waals surface area (Å²) in [7, 11) is -2.25. The van der Waals surface area contributed by atoms with Gasteiger partial charge in [-0.15, -0.1) is 0 Å². The predicted octanol–water partition coefficient (Wildman–Crippen LogP) is 4.78. The number of methoxy groups -OCH3 is 1. The van der Waals surface area contributed by atoms with Gasteiger partial charge in [0.15, 0.2) is 0 Å². The Morgan fingerprint density at radius 2 is 1.62 bits per heavy atom. The smallest absolute Gasteiger partial charge is 0.244 e. The van der Waals surface area contributed by atoms with E-state index < -0.39 is 28.5 Å². The van der Waals surface area contributed by atoms with Gasteiger partial charge < -0.3 is 15.0 Å². The number of amides is 2. The first-order chi connectivity index (χ1) is 20.1. The lowest BCUT2D eigenvalue weighted by molar-refractivity contribution is -0.140. The van der Waals surface area contributed by atoms with Crippen molar-refractivity contribution >= 4 is 27.5 Å². The molecule has 1 saturated carbocycles. The van der Waals surface area contributed by atoms with Gasteiger partial charge in [0, 0.05) is 19.0 Å². The quantitative estimate of drug-likeness (QED) is 0.327. The van der Waals surface area contributed by atoms with Gasteiger partial charge in [-0.1, -0.05) is 67.4 Å². The van der Waals surface area contributed by atoms with Gasteiger partial charge in [-0.25, -0.2) is 8.42 Å². The minimum absolute atomic E-state index is 0.0620. The summed E-state index contributed by atoms with van der Waals surface area (Å²) in [6, 6.07) is 21.5. The van der Waals surface area contributed by atoms with E-state index in [0.717, 1.165) is 58.5 Å². The Labute approximate surface area is 249 Å². The zero-order valence-electron chi connectivity index (χ0n) is 24.9. The number of benzene rings is 3. The minimum atomic E-state index is -3.83. The lowest BCUT2D eigenvalue weighted by atomic mass is 10.0. The summed E-state index contributed by atoms with van der Waals surface area (Å²) in [6.07, 6.45) is 5.31. The van der Waals surface area contributed by atoms with Crippen LogP contribution in [0.4, 0.5) is 5.69 Å². The molecule has 1 aliphatic rings. The van der Waals surface area contributed by atoms with Crippen LogP contribution in [0.2, 0.25) is 0 Å². The number of nitrogens with one attached hydrogen (secondary N) is 1. The largest absolute Gasteiger partial charge is 0.497 e. The molecule has 8 nitrogen and oxygen atoms in total. The van der Waals surface area contributed by atoms with Gasteiger partial charge in [-0.3, -0.25) is 13.9 Å². The Morgan fingerprint density at radius 3 is 2.29 bits per heavy atom. The van der Waals surface area contributed by atoms with Crippen molar-refractivity contribution in [1.29, 1.82) is 0 Å². The second-order valence-corrected chi connectivity index (χ2v) is 13.0. The summed E-state index contributed by atoms with van der Waals surface area (Å²) in [5.41, 5.74) is 3.81. The van der Waals surface area contributed by atoms with Gasteiger partial charge in [-0.2, -0.15) is 0 Å². The van der Waals surface area contributed by atoms with Gasteiger partial charge in [0.2, 0.25) is 21.8 Å². The van der Waals surface area contributed by atoms with Crippen LogP contribution in [-0.2, 0) is 32.6 Å². The number of hydrogen-bond donors (Lipinski definition) is 1. The van der Waals surface area contributed by atoms with Gasteiger partial charge in [-0.05, 0) is 67.1 Å². The molecule has 1 fully saturated rings. The van der Waals surface area contributed by atoms with Crippen LogP contribution in [0.5, 0.6) is 5.75 Å². The summed E-state index contributed by atoms with van der Waals surface area (Å²) >= 11 is 0. The topological polar surface area (TPSA) is 96.0 Å². The SMILES string of the molecule is COc1cccc(CN(C(=O)CN(c2cccc(C)c2C)S(C)(=O)=O)C(Cc2ccccc2)C(=O)NC2CCCC2)c1. The lowest BCUT2D eigenvalue weighted by Crippen LogP contribution is -2.54. The maximum atomic E-state index is 14.3. The molecule has 0 saturated heterocycles. The number of aryl methyl sites for hydroxylation is 1. The molecule has 1 unspecified atom stereocenters. The van der Waals surface area contributed by atoms with Crippen LogP contribution in [0, 0.1) is 13.8 Å². The third-order valence-corrected chi connectivity index (χ3v) is 9.11. The maximum absolute atomic E-state index is 14.3. The maximum Gasteiger partial charge on any atom is 0.244 e. The molecule has 0 radical (unpaired) electrons.